The van der Waals surface area contributed by atoms with E-state index in [-0.39, 0.29) is 15.5 Å². The standard InChI is InChI=1S/C14H12ClN3O2S/c1-18(13-5-3-2-4-12(13)17)21(19,20)14-8-10(9-16)6-7-11(14)15/h2-8H,17H2,1H3. The molecule has 108 valence electrons. The highest BCUT2D eigenvalue weighted by molar-refractivity contribution is 7.93. The van der Waals surface area contributed by atoms with Gasteiger partial charge in [0.15, 0.2) is 0 Å². The number of nitrogen functional groups attached to an aromatic ring is 1. The molecule has 7 heteroatoms. The minimum Gasteiger partial charge on any atom is -0.397 e. The van der Waals surface area contributed by atoms with Crippen LogP contribution in [-0.4, -0.2) is 15.5 Å². The van der Waals surface area contributed by atoms with Gasteiger partial charge in [-0.1, -0.05) is 23.7 Å². The van der Waals surface area contributed by atoms with Crippen LogP contribution in [0.4, 0.5) is 11.4 Å². The van der Waals surface area contributed by atoms with E-state index in [0.29, 0.717) is 11.4 Å². The highest BCUT2D eigenvalue weighted by Crippen LogP contribution is 2.30. The van der Waals surface area contributed by atoms with Crippen molar-refractivity contribution in [3.05, 3.63) is 53.1 Å². The normalized spacial score (nSPS) is 10.9. The molecule has 0 saturated heterocycles. The number of sulfonamides is 1. The molecule has 2 N–H and O–H groups in total. The second-order valence-electron chi connectivity index (χ2n) is 4.29. The summed E-state index contributed by atoms with van der Waals surface area (Å²) in [5, 5.41) is 8.95. The zero-order valence-electron chi connectivity index (χ0n) is 11.1. The molecular weight excluding hydrogens is 310 g/mol. The summed E-state index contributed by atoms with van der Waals surface area (Å²) >= 11 is 5.96. The zero-order chi connectivity index (χ0) is 15.6. The molecule has 0 aliphatic carbocycles. The molecule has 0 amide bonds. The van der Waals surface area contributed by atoms with E-state index in [4.69, 9.17) is 22.6 Å². The van der Waals surface area contributed by atoms with E-state index in [1.807, 2.05) is 6.07 Å². The SMILES string of the molecule is CN(c1ccccc1N)S(=O)(=O)c1cc(C#N)ccc1Cl. The molecule has 5 nitrogen and oxygen atoms in total. The fourth-order valence-electron chi connectivity index (χ4n) is 1.82. The van der Waals surface area contributed by atoms with Gasteiger partial charge in [-0.25, -0.2) is 8.42 Å². The topological polar surface area (TPSA) is 87.2 Å². The molecule has 0 bridgehead atoms. The second-order valence-corrected chi connectivity index (χ2v) is 6.63. The molecule has 0 heterocycles. The minimum atomic E-state index is -3.91. The Morgan fingerprint density at radius 3 is 2.52 bits per heavy atom. The van der Waals surface area contributed by atoms with Gasteiger partial charge in [-0.05, 0) is 30.3 Å². The Balaban J connectivity index is 2.58. The minimum absolute atomic E-state index is 0.0513. The lowest BCUT2D eigenvalue weighted by Gasteiger charge is -2.21. The van der Waals surface area contributed by atoms with E-state index >= 15 is 0 Å². The van der Waals surface area contributed by atoms with Crippen LogP contribution in [-0.2, 0) is 10.0 Å². The lowest BCUT2D eigenvalue weighted by Crippen LogP contribution is -2.27. The van der Waals surface area contributed by atoms with E-state index in [1.54, 1.807) is 24.3 Å². The molecule has 0 radical (unpaired) electrons. The van der Waals surface area contributed by atoms with Crippen molar-refractivity contribution < 1.29 is 8.42 Å². The van der Waals surface area contributed by atoms with Crippen molar-refractivity contribution in [1.29, 1.82) is 5.26 Å². The molecule has 0 atom stereocenters. The molecule has 2 aromatic rings. The molecule has 0 spiro atoms. The van der Waals surface area contributed by atoms with E-state index in [0.717, 1.165) is 4.31 Å². The van der Waals surface area contributed by atoms with E-state index in [1.165, 1.54) is 25.2 Å². The smallest absolute Gasteiger partial charge is 0.265 e. The number of para-hydroxylation sites is 2. The summed E-state index contributed by atoms with van der Waals surface area (Å²) in [4.78, 5) is -0.131. The third-order valence-corrected chi connectivity index (χ3v) is 5.23. The number of hydrogen-bond donors (Lipinski definition) is 1. The molecule has 2 aromatic carbocycles. The fraction of sp³-hybridized carbons (Fsp3) is 0.0714. The summed E-state index contributed by atoms with van der Waals surface area (Å²) in [6, 6.07) is 12.6. The van der Waals surface area contributed by atoms with Gasteiger partial charge in [-0.15, -0.1) is 0 Å². The highest BCUT2D eigenvalue weighted by Gasteiger charge is 2.25. The second kappa shape index (κ2) is 5.64. The summed E-state index contributed by atoms with van der Waals surface area (Å²) in [5.74, 6) is 0. The summed E-state index contributed by atoms with van der Waals surface area (Å²) in [7, 11) is -2.52. The third-order valence-electron chi connectivity index (χ3n) is 2.97. The number of nitriles is 1. The molecule has 2 rings (SSSR count). The zero-order valence-corrected chi connectivity index (χ0v) is 12.7. The van der Waals surface area contributed by atoms with Gasteiger partial charge in [0.1, 0.15) is 4.90 Å². The maximum atomic E-state index is 12.7. The van der Waals surface area contributed by atoms with Crippen molar-refractivity contribution in [3.63, 3.8) is 0 Å². The largest absolute Gasteiger partial charge is 0.397 e. The number of nitrogens with zero attached hydrogens (tertiary/aromatic N) is 2. The lowest BCUT2D eigenvalue weighted by molar-refractivity contribution is 0.594. The number of halogens is 1. The predicted octanol–water partition coefficient (Wildman–Crippen LogP) is 2.62. The number of benzene rings is 2. The first kappa shape index (κ1) is 15.2. The number of anilines is 2. The van der Waals surface area contributed by atoms with E-state index < -0.39 is 10.0 Å². The Kier molecular flexibility index (Phi) is 4.07. The Morgan fingerprint density at radius 1 is 1.24 bits per heavy atom. The molecule has 21 heavy (non-hydrogen) atoms. The van der Waals surface area contributed by atoms with Crippen LogP contribution in [0.25, 0.3) is 0 Å². The Labute approximate surface area is 128 Å². The summed E-state index contributed by atoms with van der Waals surface area (Å²) in [6.07, 6.45) is 0. The van der Waals surface area contributed by atoms with Crippen LogP contribution >= 0.6 is 11.6 Å². The first-order valence-electron chi connectivity index (χ1n) is 5.91. The molecular formula is C14H12ClN3O2S. The van der Waals surface area contributed by atoms with Crippen molar-refractivity contribution in [2.45, 2.75) is 4.90 Å². The van der Waals surface area contributed by atoms with Crippen LogP contribution in [0.2, 0.25) is 5.02 Å². The van der Waals surface area contributed by atoms with Crippen LogP contribution in [0.1, 0.15) is 5.56 Å². The van der Waals surface area contributed by atoms with E-state index in [9.17, 15) is 8.42 Å². The van der Waals surface area contributed by atoms with Crippen LogP contribution in [0, 0.1) is 11.3 Å². The van der Waals surface area contributed by atoms with Gasteiger partial charge in [0, 0.05) is 7.05 Å². The van der Waals surface area contributed by atoms with Crippen LogP contribution in [0.5, 0.6) is 0 Å². The quantitative estimate of drug-likeness (QED) is 0.880. The summed E-state index contributed by atoms with van der Waals surface area (Å²) in [5.41, 5.74) is 6.69. The van der Waals surface area contributed by atoms with Crippen molar-refractivity contribution in [2.24, 2.45) is 0 Å². The third kappa shape index (κ3) is 2.79. The molecule has 0 unspecified atom stereocenters. The van der Waals surface area contributed by atoms with Gasteiger partial charge in [-0.2, -0.15) is 5.26 Å². The molecule has 0 aliphatic rings. The summed E-state index contributed by atoms with van der Waals surface area (Å²) in [6.45, 7) is 0. The Bertz CT molecular complexity index is 828. The lowest BCUT2D eigenvalue weighted by atomic mass is 10.2. The Morgan fingerprint density at radius 2 is 1.90 bits per heavy atom. The average Bonchev–Trinajstić information content (AvgIpc) is 2.47. The number of rotatable bonds is 3. The summed E-state index contributed by atoms with van der Waals surface area (Å²) < 4.78 is 26.3. The van der Waals surface area contributed by atoms with Crippen LogP contribution < -0.4 is 10.0 Å². The van der Waals surface area contributed by atoms with E-state index in [2.05, 4.69) is 0 Å². The van der Waals surface area contributed by atoms with Crippen LogP contribution in [0.15, 0.2) is 47.4 Å². The van der Waals surface area contributed by atoms with Crippen molar-refractivity contribution >= 4 is 33.0 Å². The fourth-order valence-corrected chi connectivity index (χ4v) is 3.54. The van der Waals surface area contributed by atoms with Crippen molar-refractivity contribution in [3.8, 4) is 6.07 Å². The number of hydrogen-bond acceptors (Lipinski definition) is 4. The molecule has 0 saturated carbocycles. The number of nitrogens with two attached hydrogens (primary N) is 1. The molecule has 0 fully saturated rings. The first-order chi connectivity index (χ1) is 9.87. The van der Waals surface area contributed by atoms with Gasteiger partial charge in [0.25, 0.3) is 10.0 Å². The first-order valence-corrected chi connectivity index (χ1v) is 7.73. The predicted molar refractivity (Wildman–Crippen MR) is 82.6 cm³/mol. The van der Waals surface area contributed by atoms with Gasteiger partial charge >= 0.3 is 0 Å². The van der Waals surface area contributed by atoms with Crippen molar-refractivity contribution in [1.82, 2.24) is 0 Å². The maximum absolute atomic E-state index is 12.7. The highest BCUT2D eigenvalue weighted by atomic mass is 35.5. The van der Waals surface area contributed by atoms with Gasteiger partial charge in [0.2, 0.25) is 0 Å². The maximum Gasteiger partial charge on any atom is 0.265 e. The van der Waals surface area contributed by atoms with Crippen molar-refractivity contribution in [2.75, 3.05) is 17.1 Å². The van der Waals surface area contributed by atoms with Gasteiger partial charge in [-0.3, -0.25) is 4.31 Å². The van der Waals surface area contributed by atoms with Gasteiger partial charge in [0.05, 0.1) is 28.0 Å². The molecule has 0 aliphatic heterocycles. The monoisotopic (exact) mass is 321 g/mol. The Hall–Kier alpha value is -2.23. The molecule has 0 aromatic heterocycles. The average molecular weight is 322 g/mol. The van der Waals surface area contributed by atoms with Gasteiger partial charge < -0.3 is 5.73 Å². The van der Waals surface area contributed by atoms with Crippen LogP contribution in [0.3, 0.4) is 0 Å².